The molecule has 26 heavy (non-hydrogen) atoms. The molecular formula is C20H25FN2O2S. The maximum absolute atomic E-state index is 13.3. The monoisotopic (exact) mass is 376 g/mol. The van der Waals surface area contributed by atoms with Gasteiger partial charge in [0.05, 0.1) is 4.90 Å². The number of halogens is 1. The number of hydrogen-bond acceptors (Lipinski definition) is 3. The fourth-order valence-corrected chi connectivity index (χ4v) is 5.19. The van der Waals surface area contributed by atoms with Crippen molar-refractivity contribution in [2.45, 2.75) is 37.1 Å². The van der Waals surface area contributed by atoms with Crippen molar-refractivity contribution < 1.29 is 12.8 Å². The van der Waals surface area contributed by atoms with Gasteiger partial charge < -0.3 is 5.32 Å². The molecule has 0 spiro atoms. The van der Waals surface area contributed by atoms with Crippen molar-refractivity contribution in [3.8, 4) is 0 Å². The minimum absolute atomic E-state index is 0.0118. The van der Waals surface area contributed by atoms with Crippen molar-refractivity contribution in [1.29, 1.82) is 0 Å². The highest BCUT2D eigenvalue weighted by Crippen LogP contribution is 2.24. The quantitative estimate of drug-likeness (QED) is 0.843. The first-order valence-electron chi connectivity index (χ1n) is 9.00. The maximum Gasteiger partial charge on any atom is 0.243 e. The van der Waals surface area contributed by atoms with Crippen LogP contribution >= 0.6 is 0 Å². The lowest BCUT2D eigenvalue weighted by atomic mass is 10.1. The molecule has 2 aromatic carbocycles. The maximum atomic E-state index is 13.3. The smallest absolute Gasteiger partial charge is 0.243 e. The van der Waals surface area contributed by atoms with E-state index in [-0.39, 0.29) is 11.9 Å². The van der Waals surface area contributed by atoms with Gasteiger partial charge in [-0.25, -0.2) is 12.8 Å². The van der Waals surface area contributed by atoms with Gasteiger partial charge in [0, 0.05) is 12.6 Å². The molecule has 140 valence electrons. The predicted molar refractivity (Wildman–Crippen MR) is 101 cm³/mol. The Hall–Kier alpha value is -1.76. The highest BCUT2D eigenvalue weighted by Gasteiger charge is 2.32. The van der Waals surface area contributed by atoms with Gasteiger partial charge in [0.15, 0.2) is 0 Å². The van der Waals surface area contributed by atoms with E-state index in [0.29, 0.717) is 17.9 Å². The highest BCUT2D eigenvalue weighted by molar-refractivity contribution is 7.89. The second kappa shape index (κ2) is 8.29. The molecule has 1 heterocycles. The average molecular weight is 376 g/mol. The van der Waals surface area contributed by atoms with Crippen LogP contribution in [-0.2, 0) is 16.4 Å². The molecule has 0 aromatic heterocycles. The standard InChI is InChI=1S/C20H25FN2O2S/c1-16-3-2-4-20(15-16)26(24,25)23(19-9-12-22-13-10-19)14-11-17-5-7-18(21)8-6-17/h2-8,15,19,22H,9-14H2,1H3. The predicted octanol–water partition coefficient (Wildman–Crippen LogP) is 3.12. The number of sulfonamides is 1. The molecule has 0 atom stereocenters. The Kier molecular flexibility index (Phi) is 6.06. The third kappa shape index (κ3) is 4.50. The molecule has 6 heteroatoms. The van der Waals surface area contributed by atoms with E-state index in [9.17, 15) is 12.8 Å². The molecule has 1 fully saturated rings. The van der Waals surface area contributed by atoms with Crippen LogP contribution in [0, 0.1) is 12.7 Å². The Labute approximate surface area is 155 Å². The molecule has 0 bridgehead atoms. The minimum atomic E-state index is -3.57. The Morgan fingerprint density at radius 1 is 1.12 bits per heavy atom. The molecular weight excluding hydrogens is 351 g/mol. The van der Waals surface area contributed by atoms with Gasteiger partial charge in [-0.2, -0.15) is 4.31 Å². The molecule has 2 aromatic rings. The van der Waals surface area contributed by atoms with Gasteiger partial charge in [-0.15, -0.1) is 0 Å². The Morgan fingerprint density at radius 3 is 2.46 bits per heavy atom. The second-order valence-corrected chi connectivity index (χ2v) is 8.68. The van der Waals surface area contributed by atoms with Gasteiger partial charge in [-0.3, -0.25) is 0 Å². The summed E-state index contributed by atoms with van der Waals surface area (Å²) in [7, 11) is -3.57. The summed E-state index contributed by atoms with van der Waals surface area (Å²) in [6, 6.07) is 13.3. The Morgan fingerprint density at radius 2 is 1.81 bits per heavy atom. The molecule has 0 unspecified atom stereocenters. The van der Waals surface area contributed by atoms with Crippen LogP contribution in [0.25, 0.3) is 0 Å². The number of aryl methyl sites for hydroxylation is 1. The summed E-state index contributed by atoms with van der Waals surface area (Å²) in [6.45, 7) is 3.93. The van der Waals surface area contributed by atoms with E-state index in [1.54, 1.807) is 34.6 Å². The summed E-state index contributed by atoms with van der Waals surface area (Å²) in [6.07, 6.45) is 2.16. The number of hydrogen-bond donors (Lipinski definition) is 1. The largest absolute Gasteiger partial charge is 0.317 e. The molecule has 0 saturated carbocycles. The van der Waals surface area contributed by atoms with E-state index >= 15 is 0 Å². The molecule has 1 N–H and O–H groups in total. The lowest BCUT2D eigenvalue weighted by Gasteiger charge is -2.34. The van der Waals surface area contributed by atoms with Crippen molar-refractivity contribution in [1.82, 2.24) is 9.62 Å². The summed E-state index contributed by atoms with van der Waals surface area (Å²) < 4.78 is 41.4. The SMILES string of the molecule is Cc1cccc(S(=O)(=O)N(CCc2ccc(F)cc2)C2CCNCC2)c1. The molecule has 4 nitrogen and oxygen atoms in total. The summed E-state index contributed by atoms with van der Waals surface area (Å²) in [5.74, 6) is -0.281. The summed E-state index contributed by atoms with van der Waals surface area (Å²) in [5.41, 5.74) is 1.86. The van der Waals surface area contributed by atoms with Gasteiger partial charge in [0.25, 0.3) is 0 Å². The highest BCUT2D eigenvalue weighted by atomic mass is 32.2. The average Bonchev–Trinajstić information content (AvgIpc) is 2.64. The second-order valence-electron chi connectivity index (χ2n) is 6.79. The van der Waals surface area contributed by atoms with Gasteiger partial charge in [0.2, 0.25) is 10.0 Å². The van der Waals surface area contributed by atoms with Crippen molar-refractivity contribution >= 4 is 10.0 Å². The number of nitrogens with one attached hydrogen (secondary N) is 1. The number of rotatable bonds is 6. The van der Waals surface area contributed by atoms with Crippen LogP contribution in [-0.4, -0.2) is 38.4 Å². The van der Waals surface area contributed by atoms with E-state index in [2.05, 4.69) is 5.32 Å². The van der Waals surface area contributed by atoms with Crippen LogP contribution < -0.4 is 5.32 Å². The molecule has 0 amide bonds. The summed E-state index contributed by atoms with van der Waals surface area (Å²) in [5, 5.41) is 3.29. The van der Waals surface area contributed by atoms with E-state index < -0.39 is 10.0 Å². The van der Waals surface area contributed by atoms with Gasteiger partial charge in [-0.1, -0.05) is 24.3 Å². The van der Waals surface area contributed by atoms with E-state index in [1.165, 1.54) is 12.1 Å². The minimum Gasteiger partial charge on any atom is -0.317 e. The topological polar surface area (TPSA) is 49.4 Å². The lowest BCUT2D eigenvalue weighted by molar-refractivity contribution is 0.264. The van der Waals surface area contributed by atoms with Gasteiger partial charge >= 0.3 is 0 Å². The summed E-state index contributed by atoms with van der Waals surface area (Å²) >= 11 is 0. The molecule has 1 aliphatic heterocycles. The fourth-order valence-electron chi connectivity index (χ4n) is 3.40. The van der Waals surface area contributed by atoms with Crippen molar-refractivity contribution in [2.75, 3.05) is 19.6 Å². The number of benzene rings is 2. The lowest BCUT2D eigenvalue weighted by Crippen LogP contribution is -2.46. The van der Waals surface area contributed by atoms with E-state index in [4.69, 9.17) is 0 Å². The van der Waals surface area contributed by atoms with Gasteiger partial charge in [-0.05, 0) is 74.7 Å². The van der Waals surface area contributed by atoms with Crippen LogP contribution in [0.3, 0.4) is 0 Å². The molecule has 0 radical (unpaired) electrons. The summed E-state index contributed by atoms with van der Waals surface area (Å²) in [4.78, 5) is 0.343. The van der Waals surface area contributed by atoms with E-state index in [0.717, 1.165) is 37.1 Å². The first-order chi connectivity index (χ1) is 12.5. The molecule has 1 saturated heterocycles. The normalized spacial score (nSPS) is 16.1. The van der Waals surface area contributed by atoms with Crippen LogP contribution in [0.5, 0.6) is 0 Å². The van der Waals surface area contributed by atoms with Crippen molar-refractivity contribution in [3.63, 3.8) is 0 Å². The third-order valence-corrected chi connectivity index (χ3v) is 6.79. The number of nitrogens with zero attached hydrogens (tertiary/aromatic N) is 1. The fraction of sp³-hybridized carbons (Fsp3) is 0.400. The van der Waals surface area contributed by atoms with E-state index in [1.807, 2.05) is 13.0 Å². The van der Waals surface area contributed by atoms with Crippen LogP contribution in [0.4, 0.5) is 4.39 Å². The van der Waals surface area contributed by atoms with Crippen molar-refractivity contribution in [2.24, 2.45) is 0 Å². The molecule has 3 rings (SSSR count). The van der Waals surface area contributed by atoms with Crippen LogP contribution in [0.2, 0.25) is 0 Å². The first-order valence-corrected chi connectivity index (χ1v) is 10.4. The van der Waals surface area contributed by atoms with Crippen LogP contribution in [0.1, 0.15) is 24.0 Å². The van der Waals surface area contributed by atoms with Crippen molar-refractivity contribution in [3.05, 3.63) is 65.5 Å². The van der Waals surface area contributed by atoms with Crippen LogP contribution in [0.15, 0.2) is 53.4 Å². The molecule has 0 aliphatic carbocycles. The third-order valence-electron chi connectivity index (χ3n) is 4.85. The van der Waals surface area contributed by atoms with Gasteiger partial charge in [0.1, 0.15) is 5.82 Å². The molecule has 1 aliphatic rings. The zero-order valence-electron chi connectivity index (χ0n) is 15.0. The Balaban J connectivity index is 1.85. The Bertz CT molecular complexity index is 831. The number of piperidine rings is 1. The zero-order chi connectivity index (χ0) is 18.6. The first kappa shape index (κ1) is 19.0. The zero-order valence-corrected chi connectivity index (χ0v) is 15.8.